The number of nitriles is 1. The van der Waals surface area contributed by atoms with E-state index < -0.39 is 11.2 Å². The van der Waals surface area contributed by atoms with Crippen LogP contribution in [0.5, 0.6) is 0 Å². The molecular formula is C22H35N5O5. The number of ether oxygens (including phenoxy) is 2. The largest absolute Gasteiger partial charge is 0.444 e. The van der Waals surface area contributed by atoms with E-state index in [4.69, 9.17) is 25.7 Å². The second-order valence-electron chi connectivity index (χ2n) is 11.1. The first-order chi connectivity index (χ1) is 14.8. The lowest BCUT2D eigenvalue weighted by Gasteiger charge is -2.25. The summed E-state index contributed by atoms with van der Waals surface area (Å²) < 4.78 is 10.6. The van der Waals surface area contributed by atoms with Crippen molar-refractivity contribution in [1.82, 2.24) is 9.80 Å². The minimum absolute atomic E-state index is 0.138. The molecule has 2 amide bonds. The fraction of sp³-hybridized carbons (Fsp3) is 0.818. The van der Waals surface area contributed by atoms with Crippen molar-refractivity contribution in [2.45, 2.75) is 52.7 Å². The van der Waals surface area contributed by atoms with Gasteiger partial charge >= 0.3 is 12.2 Å². The van der Waals surface area contributed by atoms with Crippen molar-refractivity contribution in [2.24, 2.45) is 46.4 Å². The molecule has 2 aliphatic carbocycles. The molecule has 10 heteroatoms. The zero-order valence-electron chi connectivity index (χ0n) is 19.7. The molecule has 0 spiro atoms. The zero-order valence-corrected chi connectivity index (χ0v) is 19.7. The Bertz CT molecular complexity index is 800. The van der Waals surface area contributed by atoms with E-state index in [9.17, 15) is 9.59 Å². The third kappa shape index (κ3) is 5.37. The average Bonchev–Trinajstić information content (AvgIpc) is 3.36. The van der Waals surface area contributed by atoms with Gasteiger partial charge in [0.1, 0.15) is 17.0 Å². The third-order valence-corrected chi connectivity index (χ3v) is 6.30. The summed E-state index contributed by atoms with van der Waals surface area (Å²) in [6.07, 6.45) is -0.519. The third-order valence-electron chi connectivity index (χ3n) is 6.30. The van der Waals surface area contributed by atoms with Crippen molar-refractivity contribution >= 4 is 18.0 Å². The maximum atomic E-state index is 11.8. The topological polar surface area (TPSA) is 141 Å². The summed E-state index contributed by atoms with van der Waals surface area (Å²) in [6, 6.07) is 2.27. The molecule has 0 radical (unpaired) electrons. The number of carbonyl (C=O) groups excluding carboxylic acids is 2. The van der Waals surface area contributed by atoms with Crippen LogP contribution in [0.3, 0.4) is 0 Å². The Balaban J connectivity index is 0.000000182. The Morgan fingerprint density at radius 1 is 0.906 bits per heavy atom. The summed E-state index contributed by atoms with van der Waals surface area (Å²) in [5.74, 6) is 2.08. The highest BCUT2D eigenvalue weighted by molar-refractivity contribution is 5.86. The Hall–Kier alpha value is -2.70. The molecule has 2 saturated heterocycles. The highest BCUT2D eigenvalue weighted by Gasteiger charge is 2.59. The van der Waals surface area contributed by atoms with Crippen LogP contribution in [0.25, 0.3) is 0 Å². The predicted octanol–water partition coefficient (Wildman–Crippen LogP) is 2.47. The molecule has 10 nitrogen and oxygen atoms in total. The van der Waals surface area contributed by atoms with Crippen LogP contribution in [-0.2, 0) is 9.47 Å². The number of carbonyl (C=O) groups is 2. The molecule has 178 valence electrons. The van der Waals surface area contributed by atoms with E-state index in [0.29, 0.717) is 49.9 Å². The molecule has 0 aromatic carbocycles. The van der Waals surface area contributed by atoms with Crippen LogP contribution in [0, 0.1) is 46.8 Å². The van der Waals surface area contributed by atoms with E-state index in [0.717, 1.165) is 0 Å². The fourth-order valence-electron chi connectivity index (χ4n) is 4.70. The van der Waals surface area contributed by atoms with E-state index in [2.05, 4.69) is 11.2 Å². The van der Waals surface area contributed by atoms with Gasteiger partial charge in [-0.2, -0.15) is 5.26 Å². The monoisotopic (exact) mass is 449 g/mol. The van der Waals surface area contributed by atoms with Gasteiger partial charge in [-0.3, -0.25) is 0 Å². The molecule has 6 atom stereocenters. The summed E-state index contributed by atoms with van der Waals surface area (Å²) in [6.45, 7) is 13.8. The molecule has 2 saturated carbocycles. The molecule has 2 heterocycles. The van der Waals surface area contributed by atoms with Gasteiger partial charge in [-0.1, -0.05) is 5.16 Å². The quantitative estimate of drug-likeness (QED) is 0.271. The maximum absolute atomic E-state index is 11.8. The second-order valence-corrected chi connectivity index (χ2v) is 11.1. The number of fused-ring (bicyclic) bond motifs is 2. The number of amidine groups is 1. The number of hydrogen-bond acceptors (Lipinski definition) is 7. The molecule has 3 N–H and O–H groups in total. The van der Waals surface area contributed by atoms with Crippen molar-refractivity contribution in [1.29, 1.82) is 5.26 Å². The summed E-state index contributed by atoms with van der Waals surface area (Å²) >= 11 is 0. The van der Waals surface area contributed by atoms with Crippen molar-refractivity contribution in [2.75, 3.05) is 26.2 Å². The van der Waals surface area contributed by atoms with Crippen molar-refractivity contribution < 1.29 is 24.3 Å². The van der Waals surface area contributed by atoms with Crippen LogP contribution < -0.4 is 5.73 Å². The van der Waals surface area contributed by atoms with Gasteiger partial charge in [-0.15, -0.1) is 0 Å². The summed E-state index contributed by atoms with van der Waals surface area (Å²) in [4.78, 5) is 26.8. The van der Waals surface area contributed by atoms with Gasteiger partial charge in [0.25, 0.3) is 0 Å². The number of piperidine rings is 2. The standard InChI is InChI=1S/C11H19N3O3.C11H16N2O2/c1-11(2,3)17-10(15)14-4-6-7(5-14)8(6)9(12)13-16;1-11(2,3)15-10(14)13-5-8-7(4-12)9(8)6-13/h6-8,16H,4-5H2,1-3H3,(H2,12,13);7-9H,5-6H2,1-3H3/t6-,7+,8?;7?,8-,9+. The molecule has 4 fully saturated rings. The van der Waals surface area contributed by atoms with Crippen LogP contribution in [0.1, 0.15) is 41.5 Å². The molecule has 0 bridgehead atoms. The van der Waals surface area contributed by atoms with Gasteiger partial charge in [-0.05, 0) is 65.2 Å². The van der Waals surface area contributed by atoms with Crippen molar-refractivity contribution in [3.05, 3.63) is 0 Å². The molecule has 4 rings (SSSR count). The first-order valence-electron chi connectivity index (χ1n) is 11.1. The molecular weight excluding hydrogens is 414 g/mol. The Labute approximate surface area is 189 Å². The SMILES string of the molecule is CC(C)(C)OC(=O)N1C[C@@H]2C(/C(N)=N/O)[C@@H]2C1.CC(C)(C)OC(=O)N1C[C@@H]2C(C#N)[C@@H]2C1. The van der Waals surface area contributed by atoms with Crippen molar-refractivity contribution in [3.63, 3.8) is 0 Å². The summed E-state index contributed by atoms with van der Waals surface area (Å²) in [7, 11) is 0. The Morgan fingerprint density at radius 3 is 1.59 bits per heavy atom. The van der Waals surface area contributed by atoms with Crippen LogP contribution in [-0.4, -0.2) is 70.4 Å². The number of rotatable bonds is 1. The minimum atomic E-state index is -0.463. The first-order valence-corrected chi connectivity index (χ1v) is 11.1. The lowest BCUT2D eigenvalue weighted by molar-refractivity contribution is 0.0259. The molecule has 4 aliphatic rings. The normalized spacial score (nSPS) is 32.7. The second kappa shape index (κ2) is 8.34. The molecule has 0 aromatic heterocycles. The smallest absolute Gasteiger partial charge is 0.410 e. The van der Waals surface area contributed by atoms with Gasteiger partial charge in [0, 0.05) is 32.1 Å². The lowest BCUT2D eigenvalue weighted by Crippen LogP contribution is -2.38. The van der Waals surface area contributed by atoms with Gasteiger partial charge in [0.15, 0.2) is 0 Å². The number of nitrogens with zero attached hydrogens (tertiary/aromatic N) is 4. The van der Waals surface area contributed by atoms with Gasteiger partial charge in [0.2, 0.25) is 0 Å². The molecule has 0 aromatic rings. The van der Waals surface area contributed by atoms with Crippen LogP contribution in [0.15, 0.2) is 5.16 Å². The number of nitrogens with two attached hydrogens (primary N) is 1. The van der Waals surface area contributed by atoms with E-state index >= 15 is 0 Å². The van der Waals surface area contributed by atoms with Gasteiger partial charge < -0.3 is 30.2 Å². The number of amides is 2. The van der Waals surface area contributed by atoms with Crippen LogP contribution in [0.4, 0.5) is 9.59 Å². The average molecular weight is 450 g/mol. The number of likely N-dealkylation sites (tertiary alicyclic amines) is 2. The minimum Gasteiger partial charge on any atom is -0.444 e. The van der Waals surface area contributed by atoms with Gasteiger partial charge in [-0.25, -0.2) is 9.59 Å². The predicted molar refractivity (Wildman–Crippen MR) is 116 cm³/mol. The zero-order chi connectivity index (χ0) is 24.0. The Morgan fingerprint density at radius 2 is 1.28 bits per heavy atom. The highest BCUT2D eigenvalue weighted by atomic mass is 16.6. The fourth-order valence-corrected chi connectivity index (χ4v) is 4.70. The van der Waals surface area contributed by atoms with E-state index in [-0.39, 0.29) is 29.9 Å². The number of hydrogen-bond donors (Lipinski definition) is 2. The lowest BCUT2D eigenvalue weighted by atomic mass is 10.2. The molecule has 2 aliphatic heterocycles. The van der Waals surface area contributed by atoms with E-state index in [1.807, 2.05) is 41.5 Å². The van der Waals surface area contributed by atoms with Crippen LogP contribution >= 0.6 is 0 Å². The summed E-state index contributed by atoms with van der Waals surface area (Å²) in [5.41, 5.74) is 4.66. The Kier molecular flexibility index (Phi) is 6.24. The van der Waals surface area contributed by atoms with E-state index in [1.165, 1.54) is 0 Å². The van der Waals surface area contributed by atoms with E-state index in [1.54, 1.807) is 9.80 Å². The van der Waals surface area contributed by atoms with Gasteiger partial charge in [0.05, 0.1) is 12.0 Å². The van der Waals surface area contributed by atoms with Crippen LogP contribution in [0.2, 0.25) is 0 Å². The van der Waals surface area contributed by atoms with Crippen molar-refractivity contribution in [3.8, 4) is 6.07 Å². The molecule has 32 heavy (non-hydrogen) atoms. The highest BCUT2D eigenvalue weighted by Crippen LogP contribution is 2.52. The summed E-state index contributed by atoms with van der Waals surface area (Å²) in [5, 5.41) is 20.3. The number of oxime groups is 1. The first kappa shape index (κ1) is 24.0. The maximum Gasteiger partial charge on any atom is 0.410 e. The molecule has 2 unspecified atom stereocenters.